The largest absolute Gasteiger partial charge is 0.463 e. The Balaban J connectivity index is 2.72. The number of azo groups is 1. The number of carbonyl (C=O) groups is 1. The van der Waals surface area contributed by atoms with E-state index in [1.165, 1.54) is 6.92 Å². The average Bonchev–Trinajstić information content (AvgIpc) is 2.28. The van der Waals surface area contributed by atoms with Crippen LogP contribution >= 0.6 is 11.6 Å². The minimum Gasteiger partial charge on any atom is -0.463 e. The molecule has 0 fully saturated rings. The molecular weight excluding hydrogens is 228 g/mol. The van der Waals surface area contributed by atoms with Gasteiger partial charge >= 0.3 is 5.97 Å². The Morgan fingerprint density at radius 2 is 2.06 bits per heavy atom. The van der Waals surface area contributed by atoms with Crippen molar-refractivity contribution in [1.82, 2.24) is 0 Å². The minimum atomic E-state index is -1.47. The minimum absolute atomic E-state index is 0.266. The molecule has 1 rings (SSSR count). The van der Waals surface area contributed by atoms with Crippen molar-refractivity contribution in [2.75, 3.05) is 6.61 Å². The Morgan fingerprint density at radius 3 is 2.62 bits per heavy atom. The molecule has 1 aromatic rings. The Morgan fingerprint density at radius 1 is 1.44 bits per heavy atom. The molecule has 0 N–H and O–H groups in total. The zero-order valence-corrected chi connectivity index (χ0v) is 9.94. The monoisotopic (exact) mass is 240 g/mol. The van der Waals surface area contributed by atoms with E-state index in [0.717, 1.165) is 0 Å². The molecule has 0 heterocycles. The van der Waals surface area contributed by atoms with Gasteiger partial charge in [-0.05, 0) is 26.0 Å². The number of hydrogen-bond donors (Lipinski definition) is 0. The maximum atomic E-state index is 11.4. The quantitative estimate of drug-likeness (QED) is 0.351. The van der Waals surface area contributed by atoms with Crippen LogP contribution in [0.1, 0.15) is 13.8 Å². The standard InChI is InChI=1S/C11H13ClN2O2/c1-3-16-10(15)11(2,12)14-13-9-7-5-4-6-8-9/h4-8H,3H2,1-2H3. The van der Waals surface area contributed by atoms with Crippen LogP contribution in [0.25, 0.3) is 0 Å². The predicted octanol–water partition coefficient (Wildman–Crippen LogP) is 3.29. The van der Waals surface area contributed by atoms with Crippen LogP contribution in [0.15, 0.2) is 40.6 Å². The first-order valence-corrected chi connectivity index (χ1v) is 5.28. The smallest absolute Gasteiger partial charge is 0.351 e. The summed E-state index contributed by atoms with van der Waals surface area (Å²) in [7, 11) is 0. The van der Waals surface area contributed by atoms with Crippen molar-refractivity contribution in [1.29, 1.82) is 0 Å². The van der Waals surface area contributed by atoms with Crippen molar-refractivity contribution < 1.29 is 9.53 Å². The van der Waals surface area contributed by atoms with E-state index < -0.39 is 11.0 Å². The van der Waals surface area contributed by atoms with Gasteiger partial charge in [0.15, 0.2) is 0 Å². The van der Waals surface area contributed by atoms with E-state index in [1.54, 1.807) is 19.1 Å². The highest BCUT2D eigenvalue weighted by molar-refractivity contribution is 6.33. The zero-order chi connectivity index (χ0) is 12.0. The molecule has 1 unspecified atom stereocenters. The van der Waals surface area contributed by atoms with E-state index in [2.05, 4.69) is 10.2 Å². The third-order valence-electron chi connectivity index (χ3n) is 1.76. The molecule has 0 radical (unpaired) electrons. The second kappa shape index (κ2) is 5.61. The summed E-state index contributed by atoms with van der Waals surface area (Å²) in [6.07, 6.45) is 0. The first kappa shape index (κ1) is 12.6. The number of benzene rings is 1. The SMILES string of the molecule is CCOC(=O)C(C)(Cl)N=Nc1ccccc1. The van der Waals surface area contributed by atoms with Crippen LogP contribution in [0.4, 0.5) is 5.69 Å². The summed E-state index contributed by atoms with van der Waals surface area (Å²) in [4.78, 5) is 9.91. The summed E-state index contributed by atoms with van der Waals surface area (Å²) < 4.78 is 4.77. The molecule has 0 bridgehead atoms. The highest BCUT2D eigenvalue weighted by Gasteiger charge is 2.32. The van der Waals surface area contributed by atoms with Crippen LogP contribution in [-0.2, 0) is 9.53 Å². The molecule has 16 heavy (non-hydrogen) atoms. The maximum Gasteiger partial charge on any atom is 0.351 e. The topological polar surface area (TPSA) is 51.0 Å². The van der Waals surface area contributed by atoms with Crippen LogP contribution < -0.4 is 0 Å². The molecule has 4 nitrogen and oxygen atoms in total. The summed E-state index contributed by atoms with van der Waals surface area (Å²) in [5.74, 6) is -0.601. The molecule has 0 aliphatic rings. The van der Waals surface area contributed by atoms with Crippen LogP contribution in [0.5, 0.6) is 0 Å². The lowest BCUT2D eigenvalue weighted by atomic mass is 10.3. The van der Waals surface area contributed by atoms with Crippen molar-refractivity contribution in [3.8, 4) is 0 Å². The number of alkyl halides is 1. The van der Waals surface area contributed by atoms with Gasteiger partial charge in [0.05, 0.1) is 12.3 Å². The molecule has 5 heteroatoms. The van der Waals surface area contributed by atoms with Gasteiger partial charge in [-0.1, -0.05) is 29.8 Å². The molecule has 0 spiro atoms. The van der Waals surface area contributed by atoms with Crippen molar-refractivity contribution in [2.45, 2.75) is 18.8 Å². The molecule has 0 aliphatic heterocycles. The van der Waals surface area contributed by atoms with Gasteiger partial charge in [0, 0.05) is 0 Å². The fourth-order valence-electron chi connectivity index (χ4n) is 0.950. The lowest BCUT2D eigenvalue weighted by Crippen LogP contribution is -2.28. The van der Waals surface area contributed by atoms with Gasteiger partial charge in [-0.15, -0.1) is 0 Å². The summed E-state index contributed by atoms with van der Waals surface area (Å²) in [6, 6.07) is 9.04. The summed E-state index contributed by atoms with van der Waals surface area (Å²) in [6.45, 7) is 3.42. The van der Waals surface area contributed by atoms with E-state index in [-0.39, 0.29) is 6.61 Å². The number of carbonyl (C=O) groups excluding carboxylic acids is 1. The van der Waals surface area contributed by atoms with E-state index in [0.29, 0.717) is 5.69 Å². The van der Waals surface area contributed by atoms with Crippen molar-refractivity contribution in [2.24, 2.45) is 10.2 Å². The van der Waals surface area contributed by atoms with Crippen LogP contribution in [0, 0.1) is 0 Å². The normalized spacial score (nSPS) is 14.7. The lowest BCUT2D eigenvalue weighted by Gasteiger charge is -2.12. The number of esters is 1. The Kier molecular flexibility index (Phi) is 4.43. The zero-order valence-electron chi connectivity index (χ0n) is 9.18. The van der Waals surface area contributed by atoms with Gasteiger partial charge < -0.3 is 4.74 Å². The first-order chi connectivity index (χ1) is 7.56. The highest BCUT2D eigenvalue weighted by atomic mass is 35.5. The molecule has 1 aromatic carbocycles. The van der Waals surface area contributed by atoms with Crippen molar-refractivity contribution >= 4 is 23.3 Å². The molecular formula is C11H13ClN2O2. The molecule has 0 saturated carbocycles. The van der Waals surface area contributed by atoms with Gasteiger partial charge in [0.2, 0.25) is 5.00 Å². The number of ether oxygens (including phenoxy) is 1. The van der Waals surface area contributed by atoms with E-state index >= 15 is 0 Å². The molecule has 1 atom stereocenters. The van der Waals surface area contributed by atoms with Gasteiger partial charge in [0.1, 0.15) is 0 Å². The van der Waals surface area contributed by atoms with E-state index in [4.69, 9.17) is 16.3 Å². The maximum absolute atomic E-state index is 11.4. The van der Waals surface area contributed by atoms with Crippen LogP contribution in [-0.4, -0.2) is 17.6 Å². The van der Waals surface area contributed by atoms with Gasteiger partial charge in [0.25, 0.3) is 0 Å². The Hall–Kier alpha value is -1.42. The third kappa shape index (κ3) is 3.62. The van der Waals surface area contributed by atoms with Crippen molar-refractivity contribution in [3.63, 3.8) is 0 Å². The van der Waals surface area contributed by atoms with E-state index in [9.17, 15) is 4.79 Å². The summed E-state index contributed by atoms with van der Waals surface area (Å²) in [5.41, 5.74) is 0.638. The second-order valence-corrected chi connectivity index (χ2v) is 3.95. The van der Waals surface area contributed by atoms with Gasteiger partial charge in [-0.25, -0.2) is 4.79 Å². The van der Waals surface area contributed by atoms with E-state index in [1.807, 2.05) is 18.2 Å². The number of rotatable bonds is 4. The Bertz CT molecular complexity index is 377. The van der Waals surface area contributed by atoms with Crippen LogP contribution in [0.2, 0.25) is 0 Å². The first-order valence-electron chi connectivity index (χ1n) is 4.90. The number of nitrogens with zero attached hydrogens (tertiary/aromatic N) is 2. The lowest BCUT2D eigenvalue weighted by molar-refractivity contribution is -0.145. The second-order valence-electron chi connectivity index (χ2n) is 3.21. The number of halogens is 1. The molecule has 0 saturated heterocycles. The summed E-state index contributed by atoms with van der Waals surface area (Å²) in [5, 5.41) is 7.63. The molecule has 0 aromatic heterocycles. The highest BCUT2D eigenvalue weighted by Crippen LogP contribution is 2.21. The number of hydrogen-bond acceptors (Lipinski definition) is 4. The predicted molar refractivity (Wildman–Crippen MR) is 61.8 cm³/mol. The molecule has 0 aliphatic carbocycles. The molecule has 86 valence electrons. The summed E-state index contributed by atoms with van der Waals surface area (Å²) >= 11 is 5.88. The fraction of sp³-hybridized carbons (Fsp3) is 0.364. The van der Waals surface area contributed by atoms with Gasteiger partial charge in [-0.3, -0.25) is 0 Å². The third-order valence-corrected chi connectivity index (χ3v) is 1.99. The van der Waals surface area contributed by atoms with Gasteiger partial charge in [-0.2, -0.15) is 10.2 Å². The van der Waals surface area contributed by atoms with Crippen molar-refractivity contribution in [3.05, 3.63) is 30.3 Å². The fourth-order valence-corrected chi connectivity index (χ4v) is 1.04. The average molecular weight is 241 g/mol. The molecule has 0 amide bonds. The Labute approximate surface area is 99.3 Å². The van der Waals surface area contributed by atoms with Crippen LogP contribution in [0.3, 0.4) is 0 Å².